The zero-order valence-corrected chi connectivity index (χ0v) is 13.1. The van der Waals surface area contributed by atoms with Crippen molar-refractivity contribution >= 4 is 11.6 Å². The summed E-state index contributed by atoms with van der Waals surface area (Å²) in [4.78, 5) is 9.41. The number of nitrogens with zero attached hydrogens (tertiary/aromatic N) is 3. The first kappa shape index (κ1) is 15.1. The minimum absolute atomic E-state index is 0.797. The topological polar surface area (TPSA) is 31.4 Å². The van der Waals surface area contributed by atoms with Crippen LogP contribution in [0.5, 0.6) is 0 Å². The molecule has 0 bridgehead atoms. The highest BCUT2D eigenvalue weighted by atomic mass is 15.2. The first-order chi connectivity index (χ1) is 9.69. The molecule has 20 heavy (non-hydrogen) atoms. The van der Waals surface area contributed by atoms with Crippen molar-refractivity contribution in [3.8, 4) is 0 Å². The summed E-state index contributed by atoms with van der Waals surface area (Å²) < 4.78 is 0. The molecule has 0 aliphatic carbocycles. The van der Waals surface area contributed by atoms with Gasteiger partial charge in [-0.05, 0) is 57.5 Å². The number of likely N-dealkylation sites (tertiary alicyclic amines) is 1. The molecule has 1 aliphatic rings. The fourth-order valence-corrected chi connectivity index (χ4v) is 2.71. The van der Waals surface area contributed by atoms with Crippen LogP contribution in [0.15, 0.2) is 18.2 Å². The third-order valence-electron chi connectivity index (χ3n) is 4.05. The Labute approximate surface area is 123 Å². The molecule has 0 saturated carbocycles. The highest BCUT2D eigenvalue weighted by Gasteiger charge is 2.18. The zero-order chi connectivity index (χ0) is 14.4. The molecule has 1 N–H and O–H groups in total. The lowest BCUT2D eigenvalue weighted by molar-refractivity contribution is 0.222. The van der Waals surface area contributed by atoms with E-state index in [1.54, 1.807) is 0 Å². The fraction of sp³-hybridized carbons (Fsp3) is 0.688. The summed E-state index contributed by atoms with van der Waals surface area (Å²) in [5.74, 6) is 2.86. The molecule has 0 atom stereocenters. The monoisotopic (exact) mass is 276 g/mol. The lowest BCUT2D eigenvalue weighted by Gasteiger charge is -2.32. The predicted octanol–water partition coefficient (Wildman–Crippen LogP) is 2.68. The predicted molar refractivity (Wildman–Crippen MR) is 86.5 cm³/mol. The van der Waals surface area contributed by atoms with Crippen LogP contribution in [0, 0.1) is 5.92 Å². The van der Waals surface area contributed by atoms with Crippen LogP contribution in [0.1, 0.15) is 26.2 Å². The molecule has 0 unspecified atom stereocenters. The summed E-state index contributed by atoms with van der Waals surface area (Å²) in [7, 11) is 4.37. The average Bonchev–Trinajstić information content (AvgIpc) is 2.48. The third kappa shape index (κ3) is 4.37. The average molecular weight is 276 g/mol. The first-order valence-corrected chi connectivity index (χ1v) is 7.79. The maximum absolute atomic E-state index is 4.70. The molecule has 0 spiro atoms. The standard InChI is InChI=1S/C16H28N4/c1-4-10-17-15-6-5-7-16(18-15)20(3)13-14-8-11-19(2)12-9-14/h5-7,14H,4,8-13H2,1-3H3,(H,17,18). The molecule has 1 aliphatic heterocycles. The van der Waals surface area contributed by atoms with Gasteiger partial charge in [0, 0.05) is 20.1 Å². The second kappa shape index (κ2) is 7.48. The van der Waals surface area contributed by atoms with Gasteiger partial charge in [-0.2, -0.15) is 0 Å². The number of nitrogens with one attached hydrogen (secondary N) is 1. The highest BCUT2D eigenvalue weighted by Crippen LogP contribution is 2.20. The molecule has 4 heteroatoms. The molecule has 1 aromatic heterocycles. The van der Waals surface area contributed by atoms with Gasteiger partial charge in [0.25, 0.3) is 0 Å². The number of anilines is 2. The van der Waals surface area contributed by atoms with Crippen LogP contribution in [-0.2, 0) is 0 Å². The molecule has 4 nitrogen and oxygen atoms in total. The summed E-state index contributed by atoms with van der Waals surface area (Å²) in [6, 6.07) is 6.24. The number of hydrogen-bond donors (Lipinski definition) is 1. The second-order valence-electron chi connectivity index (χ2n) is 5.93. The molecule has 0 aromatic carbocycles. The maximum Gasteiger partial charge on any atom is 0.130 e. The smallest absolute Gasteiger partial charge is 0.130 e. The summed E-state index contributed by atoms with van der Waals surface area (Å²) in [6.07, 6.45) is 3.72. The van der Waals surface area contributed by atoms with Gasteiger partial charge in [-0.15, -0.1) is 0 Å². The van der Waals surface area contributed by atoms with Crippen molar-refractivity contribution in [3.63, 3.8) is 0 Å². The van der Waals surface area contributed by atoms with E-state index in [4.69, 9.17) is 4.98 Å². The Morgan fingerprint density at radius 2 is 2.10 bits per heavy atom. The van der Waals surface area contributed by atoms with Crippen LogP contribution in [0.25, 0.3) is 0 Å². The van der Waals surface area contributed by atoms with Crippen LogP contribution >= 0.6 is 0 Å². The second-order valence-corrected chi connectivity index (χ2v) is 5.93. The minimum Gasteiger partial charge on any atom is -0.370 e. The van der Waals surface area contributed by atoms with Gasteiger partial charge in [-0.1, -0.05) is 13.0 Å². The van der Waals surface area contributed by atoms with Crippen molar-refractivity contribution in [3.05, 3.63) is 18.2 Å². The van der Waals surface area contributed by atoms with Crippen LogP contribution in [0.2, 0.25) is 0 Å². The van der Waals surface area contributed by atoms with Crippen LogP contribution in [0.4, 0.5) is 11.6 Å². The molecule has 1 fully saturated rings. The minimum atomic E-state index is 0.797. The highest BCUT2D eigenvalue weighted by molar-refractivity contribution is 5.46. The summed E-state index contributed by atoms with van der Waals surface area (Å²) >= 11 is 0. The van der Waals surface area contributed by atoms with Crippen molar-refractivity contribution in [2.24, 2.45) is 5.92 Å². The van der Waals surface area contributed by atoms with E-state index in [9.17, 15) is 0 Å². The van der Waals surface area contributed by atoms with E-state index in [0.29, 0.717) is 0 Å². The Bertz CT molecular complexity index is 399. The molecule has 0 amide bonds. The summed E-state index contributed by atoms with van der Waals surface area (Å²) in [5.41, 5.74) is 0. The molecule has 1 aromatic rings. The van der Waals surface area contributed by atoms with E-state index in [0.717, 1.165) is 37.1 Å². The molecule has 0 radical (unpaired) electrons. The maximum atomic E-state index is 4.70. The Morgan fingerprint density at radius 1 is 1.35 bits per heavy atom. The number of hydrogen-bond acceptors (Lipinski definition) is 4. The first-order valence-electron chi connectivity index (χ1n) is 7.79. The van der Waals surface area contributed by atoms with Gasteiger partial charge in [0.05, 0.1) is 0 Å². The van der Waals surface area contributed by atoms with Crippen molar-refractivity contribution in [1.29, 1.82) is 0 Å². The molecular formula is C16H28N4. The largest absolute Gasteiger partial charge is 0.370 e. The Morgan fingerprint density at radius 3 is 2.80 bits per heavy atom. The van der Waals surface area contributed by atoms with Gasteiger partial charge in [0.1, 0.15) is 11.6 Å². The summed E-state index contributed by atoms with van der Waals surface area (Å²) in [6.45, 7) is 6.71. The van der Waals surface area contributed by atoms with Gasteiger partial charge in [0.15, 0.2) is 0 Å². The van der Waals surface area contributed by atoms with Crippen molar-refractivity contribution < 1.29 is 0 Å². The van der Waals surface area contributed by atoms with E-state index < -0.39 is 0 Å². The van der Waals surface area contributed by atoms with E-state index in [1.165, 1.54) is 25.9 Å². The van der Waals surface area contributed by atoms with E-state index in [2.05, 4.69) is 48.3 Å². The Hall–Kier alpha value is -1.29. The molecule has 1 saturated heterocycles. The SMILES string of the molecule is CCCNc1cccc(N(C)CC2CCN(C)CC2)n1. The zero-order valence-electron chi connectivity index (χ0n) is 13.1. The van der Waals surface area contributed by atoms with Crippen molar-refractivity contribution in [2.75, 3.05) is 50.5 Å². The third-order valence-corrected chi connectivity index (χ3v) is 4.05. The summed E-state index contributed by atoms with van der Waals surface area (Å²) in [5, 5.41) is 3.35. The van der Waals surface area contributed by atoms with Gasteiger partial charge >= 0.3 is 0 Å². The number of rotatable bonds is 6. The number of pyridine rings is 1. The number of piperidine rings is 1. The van der Waals surface area contributed by atoms with Crippen molar-refractivity contribution in [2.45, 2.75) is 26.2 Å². The van der Waals surface area contributed by atoms with E-state index in [1.807, 2.05) is 6.07 Å². The Kier molecular flexibility index (Phi) is 5.65. The lowest BCUT2D eigenvalue weighted by Crippen LogP contribution is -2.36. The normalized spacial score (nSPS) is 17.1. The van der Waals surface area contributed by atoms with Gasteiger partial charge in [-0.25, -0.2) is 4.98 Å². The van der Waals surface area contributed by atoms with Gasteiger partial charge in [-0.3, -0.25) is 0 Å². The van der Waals surface area contributed by atoms with Gasteiger partial charge < -0.3 is 15.1 Å². The molecular weight excluding hydrogens is 248 g/mol. The quantitative estimate of drug-likeness (QED) is 0.865. The van der Waals surface area contributed by atoms with Crippen LogP contribution in [0.3, 0.4) is 0 Å². The Balaban J connectivity index is 1.89. The van der Waals surface area contributed by atoms with Gasteiger partial charge in [0.2, 0.25) is 0 Å². The van der Waals surface area contributed by atoms with E-state index >= 15 is 0 Å². The van der Waals surface area contributed by atoms with Crippen LogP contribution < -0.4 is 10.2 Å². The molecule has 2 rings (SSSR count). The molecule has 112 valence electrons. The van der Waals surface area contributed by atoms with Crippen LogP contribution in [-0.4, -0.2) is 50.2 Å². The van der Waals surface area contributed by atoms with E-state index in [-0.39, 0.29) is 0 Å². The fourth-order valence-electron chi connectivity index (χ4n) is 2.71. The lowest BCUT2D eigenvalue weighted by atomic mass is 9.97. The van der Waals surface area contributed by atoms with Crippen molar-refractivity contribution in [1.82, 2.24) is 9.88 Å². The number of aromatic nitrogens is 1. The molecule has 2 heterocycles.